The van der Waals surface area contributed by atoms with E-state index in [0.717, 1.165) is 6.42 Å². The van der Waals surface area contributed by atoms with E-state index in [9.17, 15) is 14.5 Å². The molecule has 1 aromatic carbocycles. The van der Waals surface area contributed by atoms with E-state index in [1.807, 2.05) is 0 Å². The fraction of sp³-hybridized carbons (Fsp3) is 0.400. The fourth-order valence-corrected chi connectivity index (χ4v) is 1.85. The summed E-state index contributed by atoms with van der Waals surface area (Å²) in [5, 5.41) is 10.5. The maximum Gasteiger partial charge on any atom is 0.305 e. The highest BCUT2D eigenvalue weighted by atomic mass is 19.1. The summed E-state index contributed by atoms with van der Waals surface area (Å²) < 4.78 is 13.6. The van der Waals surface area contributed by atoms with Crippen LogP contribution in [-0.4, -0.2) is 11.5 Å². The summed E-state index contributed by atoms with van der Waals surface area (Å²) in [6.07, 6.45) is 0.828. The predicted octanol–water partition coefficient (Wildman–Crippen LogP) is 1.80. The van der Waals surface area contributed by atoms with Crippen molar-refractivity contribution in [3.05, 3.63) is 39.7 Å². The largest absolute Gasteiger partial charge is 0.330 e. The van der Waals surface area contributed by atoms with Crippen molar-refractivity contribution in [2.75, 3.05) is 6.54 Å². The third-order valence-electron chi connectivity index (χ3n) is 2.83. The van der Waals surface area contributed by atoms with Crippen molar-refractivity contribution in [3.63, 3.8) is 0 Å². The number of rotatable bonds is 3. The molecule has 1 aromatic rings. The first kappa shape index (κ1) is 10.0. The molecule has 0 amide bonds. The number of benzene rings is 1. The normalized spacial score (nSPS) is 23.9. The van der Waals surface area contributed by atoms with E-state index in [-0.39, 0.29) is 11.8 Å². The number of hydrogen-bond donors (Lipinski definition) is 1. The molecule has 0 aromatic heterocycles. The van der Waals surface area contributed by atoms with E-state index in [2.05, 4.69) is 0 Å². The Morgan fingerprint density at radius 3 is 2.87 bits per heavy atom. The molecule has 0 heterocycles. The molecule has 0 bridgehead atoms. The van der Waals surface area contributed by atoms with Gasteiger partial charge in [-0.25, -0.2) is 0 Å². The van der Waals surface area contributed by atoms with Gasteiger partial charge in [0.1, 0.15) is 0 Å². The van der Waals surface area contributed by atoms with Crippen LogP contribution in [-0.2, 0) is 0 Å². The van der Waals surface area contributed by atoms with E-state index in [1.165, 1.54) is 12.1 Å². The average molecular weight is 210 g/mol. The van der Waals surface area contributed by atoms with E-state index in [0.29, 0.717) is 12.1 Å². The zero-order valence-electron chi connectivity index (χ0n) is 8.02. The lowest BCUT2D eigenvalue weighted by atomic mass is 10.1. The second-order valence-electron chi connectivity index (χ2n) is 3.78. The first-order chi connectivity index (χ1) is 7.15. The number of nitrogens with two attached hydrogens (primary N) is 1. The van der Waals surface area contributed by atoms with Crippen molar-refractivity contribution in [1.29, 1.82) is 0 Å². The third-order valence-corrected chi connectivity index (χ3v) is 2.83. The molecule has 0 radical (unpaired) electrons. The van der Waals surface area contributed by atoms with Crippen LogP contribution in [0.3, 0.4) is 0 Å². The van der Waals surface area contributed by atoms with E-state index >= 15 is 0 Å². The van der Waals surface area contributed by atoms with E-state index in [4.69, 9.17) is 5.73 Å². The highest BCUT2D eigenvalue weighted by Crippen LogP contribution is 2.48. The summed E-state index contributed by atoms with van der Waals surface area (Å²) in [6, 6.07) is 4.30. The lowest BCUT2D eigenvalue weighted by Gasteiger charge is -2.01. The molecule has 0 aliphatic heterocycles. The molecular formula is C10H11FN2O2. The maximum atomic E-state index is 13.6. The molecule has 1 saturated carbocycles. The van der Waals surface area contributed by atoms with Gasteiger partial charge in [-0.05, 0) is 30.4 Å². The van der Waals surface area contributed by atoms with Gasteiger partial charge in [0, 0.05) is 6.07 Å². The van der Waals surface area contributed by atoms with Gasteiger partial charge < -0.3 is 5.73 Å². The van der Waals surface area contributed by atoms with Crippen LogP contribution in [0.5, 0.6) is 0 Å². The Hall–Kier alpha value is -1.49. The molecule has 15 heavy (non-hydrogen) atoms. The third kappa shape index (κ3) is 1.70. The standard InChI is InChI=1S/C10H11FN2O2/c11-10-7(8-4-6(8)5-12)2-1-3-9(10)13(14)15/h1-3,6,8H,4-5,12H2/t6-,8+/m0/s1. The van der Waals surface area contributed by atoms with Gasteiger partial charge >= 0.3 is 5.69 Å². The zero-order chi connectivity index (χ0) is 11.0. The molecule has 0 unspecified atom stereocenters. The fourth-order valence-electron chi connectivity index (χ4n) is 1.85. The Morgan fingerprint density at radius 1 is 1.60 bits per heavy atom. The molecule has 2 N–H and O–H groups in total. The molecule has 5 heteroatoms. The molecule has 80 valence electrons. The SMILES string of the molecule is NC[C@@H]1C[C@H]1c1cccc([N+](=O)[O-])c1F. The van der Waals surface area contributed by atoms with Gasteiger partial charge in [-0.1, -0.05) is 12.1 Å². The second-order valence-corrected chi connectivity index (χ2v) is 3.78. The minimum Gasteiger partial charge on any atom is -0.330 e. The van der Waals surface area contributed by atoms with Crippen molar-refractivity contribution in [2.24, 2.45) is 11.7 Å². The van der Waals surface area contributed by atoms with Gasteiger partial charge in [0.2, 0.25) is 5.82 Å². The van der Waals surface area contributed by atoms with Crippen LogP contribution >= 0.6 is 0 Å². The van der Waals surface area contributed by atoms with Crippen molar-refractivity contribution >= 4 is 5.69 Å². The molecule has 2 rings (SSSR count). The summed E-state index contributed by atoms with van der Waals surface area (Å²) in [5.41, 5.74) is 5.43. The molecule has 1 fully saturated rings. The van der Waals surface area contributed by atoms with E-state index < -0.39 is 16.4 Å². The summed E-state index contributed by atoms with van der Waals surface area (Å²) >= 11 is 0. The number of nitro benzene ring substituents is 1. The van der Waals surface area contributed by atoms with Crippen molar-refractivity contribution < 1.29 is 9.31 Å². The van der Waals surface area contributed by atoms with Crippen LogP contribution in [0.2, 0.25) is 0 Å². The van der Waals surface area contributed by atoms with Crippen LogP contribution < -0.4 is 5.73 Å². The summed E-state index contributed by atoms with van der Waals surface area (Å²) in [7, 11) is 0. The Labute approximate surface area is 86.0 Å². The van der Waals surface area contributed by atoms with Crippen LogP contribution in [0.15, 0.2) is 18.2 Å². The first-order valence-corrected chi connectivity index (χ1v) is 4.78. The van der Waals surface area contributed by atoms with Crippen molar-refractivity contribution in [1.82, 2.24) is 0 Å². The Balaban J connectivity index is 2.33. The Morgan fingerprint density at radius 2 is 2.33 bits per heavy atom. The quantitative estimate of drug-likeness (QED) is 0.610. The van der Waals surface area contributed by atoms with Crippen molar-refractivity contribution in [3.8, 4) is 0 Å². The minimum atomic E-state index is -0.705. The highest BCUT2D eigenvalue weighted by molar-refractivity contribution is 5.40. The van der Waals surface area contributed by atoms with Gasteiger partial charge in [0.05, 0.1) is 4.92 Å². The number of hydrogen-bond acceptors (Lipinski definition) is 3. The van der Waals surface area contributed by atoms with Crippen LogP contribution in [0.1, 0.15) is 17.9 Å². The van der Waals surface area contributed by atoms with Crippen molar-refractivity contribution in [2.45, 2.75) is 12.3 Å². The maximum absolute atomic E-state index is 13.6. The molecule has 2 atom stereocenters. The molecule has 4 nitrogen and oxygen atoms in total. The molecule has 1 aliphatic rings. The lowest BCUT2D eigenvalue weighted by molar-refractivity contribution is -0.387. The topological polar surface area (TPSA) is 69.2 Å². The van der Waals surface area contributed by atoms with Gasteiger partial charge in [-0.3, -0.25) is 10.1 Å². The number of nitro groups is 1. The van der Waals surface area contributed by atoms with Crippen LogP contribution in [0.4, 0.5) is 10.1 Å². The van der Waals surface area contributed by atoms with Gasteiger partial charge in [0.25, 0.3) is 0 Å². The minimum absolute atomic E-state index is 0.0647. The second kappa shape index (κ2) is 3.58. The molecule has 1 aliphatic carbocycles. The highest BCUT2D eigenvalue weighted by Gasteiger charge is 2.40. The first-order valence-electron chi connectivity index (χ1n) is 4.78. The van der Waals surface area contributed by atoms with Crippen LogP contribution in [0.25, 0.3) is 0 Å². The molecule has 0 spiro atoms. The molecule has 0 saturated heterocycles. The van der Waals surface area contributed by atoms with Gasteiger partial charge in [0.15, 0.2) is 0 Å². The number of nitrogens with zero attached hydrogens (tertiary/aromatic N) is 1. The average Bonchev–Trinajstić information content (AvgIpc) is 2.96. The monoisotopic (exact) mass is 210 g/mol. The zero-order valence-corrected chi connectivity index (χ0v) is 8.02. The summed E-state index contributed by atoms with van der Waals surface area (Å²) in [6.45, 7) is 0.507. The Bertz CT molecular complexity index is 408. The van der Waals surface area contributed by atoms with Gasteiger partial charge in [-0.2, -0.15) is 4.39 Å². The predicted molar refractivity (Wildman–Crippen MR) is 53.0 cm³/mol. The smallest absolute Gasteiger partial charge is 0.305 e. The Kier molecular flexibility index (Phi) is 2.40. The number of halogens is 1. The van der Waals surface area contributed by atoms with E-state index in [1.54, 1.807) is 6.07 Å². The van der Waals surface area contributed by atoms with Gasteiger partial charge in [-0.15, -0.1) is 0 Å². The lowest BCUT2D eigenvalue weighted by Crippen LogP contribution is -2.03. The van der Waals surface area contributed by atoms with Crippen LogP contribution in [0, 0.1) is 21.8 Å². The summed E-state index contributed by atoms with van der Waals surface area (Å²) in [4.78, 5) is 9.81. The molecular weight excluding hydrogens is 199 g/mol. The summed E-state index contributed by atoms with van der Waals surface area (Å²) in [5.74, 6) is -0.361.